The van der Waals surface area contributed by atoms with E-state index >= 15 is 0 Å². The van der Waals surface area contributed by atoms with E-state index < -0.39 is 10.0 Å². The van der Waals surface area contributed by atoms with Crippen LogP contribution in [-0.2, 0) is 17.1 Å². The zero-order chi connectivity index (χ0) is 22.0. The summed E-state index contributed by atoms with van der Waals surface area (Å²) in [6.07, 6.45) is 6.17. The second-order valence-electron chi connectivity index (χ2n) is 7.56. The van der Waals surface area contributed by atoms with Crippen molar-refractivity contribution in [3.05, 3.63) is 47.7 Å². The van der Waals surface area contributed by atoms with Crippen LogP contribution < -0.4 is 14.9 Å². The number of sulfonamides is 1. The van der Waals surface area contributed by atoms with Crippen molar-refractivity contribution < 1.29 is 13.2 Å². The zero-order valence-electron chi connectivity index (χ0n) is 17.3. The molecule has 3 aromatic rings. The van der Waals surface area contributed by atoms with Crippen LogP contribution in [0.25, 0.3) is 10.6 Å². The van der Waals surface area contributed by atoms with E-state index in [-0.39, 0.29) is 11.9 Å². The predicted octanol–water partition coefficient (Wildman–Crippen LogP) is 2.31. The minimum absolute atomic E-state index is 0.0612. The second kappa shape index (κ2) is 8.77. The number of hydrogen-bond donors (Lipinski definition) is 2. The van der Waals surface area contributed by atoms with E-state index in [9.17, 15) is 13.2 Å². The maximum Gasteiger partial charge on any atom is 0.275 e. The lowest BCUT2D eigenvalue weighted by Gasteiger charge is -2.34. The summed E-state index contributed by atoms with van der Waals surface area (Å²) in [6, 6.07) is 7.56. The average molecular weight is 461 g/mol. The van der Waals surface area contributed by atoms with E-state index in [2.05, 4.69) is 25.0 Å². The lowest BCUT2D eigenvalue weighted by molar-refractivity contribution is 0.102. The molecular formula is C20H24N6O3S2. The third-order valence-corrected chi connectivity index (χ3v) is 6.71. The summed E-state index contributed by atoms with van der Waals surface area (Å²) in [5.74, 6) is -0.271. The molecule has 2 N–H and O–H groups in total. The minimum Gasteiger partial charge on any atom is -0.370 e. The SMILES string of the molecule is Cn1cc(-c2nc(C(=O)Nc3ccccc3N3CCC(NS(C)(=O)=O)CC3)cs2)cn1. The van der Waals surface area contributed by atoms with Gasteiger partial charge in [-0.25, -0.2) is 18.1 Å². The molecule has 1 saturated heterocycles. The number of anilines is 2. The van der Waals surface area contributed by atoms with Crippen LogP contribution >= 0.6 is 11.3 Å². The number of aryl methyl sites for hydroxylation is 1. The molecule has 1 aliphatic heterocycles. The molecule has 0 unspecified atom stereocenters. The molecule has 9 nitrogen and oxygen atoms in total. The third kappa shape index (κ3) is 5.30. The van der Waals surface area contributed by atoms with E-state index in [0.29, 0.717) is 37.3 Å². The number of piperidine rings is 1. The molecule has 31 heavy (non-hydrogen) atoms. The molecule has 1 aliphatic rings. The van der Waals surface area contributed by atoms with Gasteiger partial charge in [0.1, 0.15) is 10.7 Å². The van der Waals surface area contributed by atoms with Crippen LogP contribution in [0, 0.1) is 0 Å². The zero-order valence-corrected chi connectivity index (χ0v) is 18.9. The summed E-state index contributed by atoms with van der Waals surface area (Å²) in [5, 5.41) is 9.60. The Labute approximate surface area is 185 Å². The summed E-state index contributed by atoms with van der Waals surface area (Å²) in [5.41, 5.74) is 2.85. The number of nitrogens with one attached hydrogen (secondary N) is 2. The van der Waals surface area contributed by atoms with Gasteiger partial charge < -0.3 is 10.2 Å². The Morgan fingerprint density at radius 3 is 2.65 bits per heavy atom. The van der Waals surface area contributed by atoms with Crippen LogP contribution in [0.3, 0.4) is 0 Å². The molecule has 4 rings (SSSR count). The molecule has 164 valence electrons. The quantitative estimate of drug-likeness (QED) is 0.584. The van der Waals surface area contributed by atoms with Crippen molar-refractivity contribution in [3.63, 3.8) is 0 Å². The van der Waals surface area contributed by atoms with E-state index in [0.717, 1.165) is 16.3 Å². The van der Waals surface area contributed by atoms with Crippen molar-refractivity contribution in [1.82, 2.24) is 19.5 Å². The number of thiazole rings is 1. The number of nitrogens with zero attached hydrogens (tertiary/aromatic N) is 4. The minimum atomic E-state index is -3.21. The van der Waals surface area contributed by atoms with Crippen LogP contribution in [-0.4, -0.2) is 54.5 Å². The number of amides is 1. The lowest BCUT2D eigenvalue weighted by Crippen LogP contribution is -2.44. The number of aromatic nitrogens is 3. The number of benzene rings is 1. The molecule has 0 saturated carbocycles. The number of para-hydroxylation sites is 2. The van der Waals surface area contributed by atoms with Crippen molar-refractivity contribution in [2.45, 2.75) is 18.9 Å². The highest BCUT2D eigenvalue weighted by molar-refractivity contribution is 7.88. The van der Waals surface area contributed by atoms with E-state index in [4.69, 9.17) is 0 Å². The Balaban J connectivity index is 1.45. The molecule has 3 heterocycles. The van der Waals surface area contributed by atoms with Gasteiger partial charge in [-0.15, -0.1) is 11.3 Å². The Morgan fingerprint density at radius 2 is 1.97 bits per heavy atom. The van der Waals surface area contributed by atoms with Gasteiger partial charge in [-0.1, -0.05) is 12.1 Å². The maximum atomic E-state index is 12.8. The van der Waals surface area contributed by atoms with Crippen molar-refractivity contribution in [2.75, 3.05) is 29.6 Å². The predicted molar refractivity (Wildman–Crippen MR) is 122 cm³/mol. The van der Waals surface area contributed by atoms with Gasteiger partial charge in [-0.3, -0.25) is 9.48 Å². The molecule has 0 aliphatic carbocycles. The third-order valence-electron chi connectivity index (χ3n) is 5.06. The Bertz CT molecular complexity index is 1180. The highest BCUT2D eigenvalue weighted by Gasteiger charge is 2.24. The largest absolute Gasteiger partial charge is 0.370 e. The van der Waals surface area contributed by atoms with E-state index in [1.54, 1.807) is 16.3 Å². The summed E-state index contributed by atoms with van der Waals surface area (Å²) >= 11 is 1.40. The Morgan fingerprint density at radius 1 is 1.23 bits per heavy atom. The summed E-state index contributed by atoms with van der Waals surface area (Å²) < 4.78 is 27.3. The first kappa shape index (κ1) is 21.5. The van der Waals surface area contributed by atoms with Gasteiger partial charge in [0.2, 0.25) is 10.0 Å². The normalized spacial score (nSPS) is 15.2. The monoisotopic (exact) mass is 460 g/mol. The highest BCUT2D eigenvalue weighted by atomic mass is 32.2. The maximum absolute atomic E-state index is 12.8. The molecule has 0 bridgehead atoms. The molecule has 0 radical (unpaired) electrons. The van der Waals surface area contributed by atoms with Gasteiger partial charge in [-0.05, 0) is 25.0 Å². The van der Waals surface area contributed by atoms with Crippen molar-refractivity contribution in [1.29, 1.82) is 0 Å². The summed E-state index contributed by atoms with van der Waals surface area (Å²) in [4.78, 5) is 19.4. The lowest BCUT2D eigenvalue weighted by atomic mass is 10.0. The highest BCUT2D eigenvalue weighted by Crippen LogP contribution is 2.29. The number of rotatable bonds is 6. The van der Waals surface area contributed by atoms with E-state index in [1.165, 1.54) is 17.6 Å². The first-order chi connectivity index (χ1) is 14.8. The fourth-order valence-electron chi connectivity index (χ4n) is 3.62. The smallest absolute Gasteiger partial charge is 0.275 e. The van der Waals surface area contributed by atoms with Crippen LogP contribution in [0.2, 0.25) is 0 Å². The van der Waals surface area contributed by atoms with Crippen molar-refractivity contribution in [3.8, 4) is 10.6 Å². The standard InChI is InChI=1S/C20H24N6O3S2/c1-25-12-14(11-21-25)20-23-17(13-30-20)19(27)22-16-5-3-4-6-18(16)26-9-7-15(8-10-26)24-31(2,28)29/h3-6,11-13,15,24H,7-10H2,1-2H3,(H,22,27). The number of carbonyl (C=O) groups excluding carboxylic acids is 1. The molecule has 1 aromatic carbocycles. The molecule has 2 aromatic heterocycles. The fourth-order valence-corrected chi connectivity index (χ4v) is 5.24. The molecular weight excluding hydrogens is 436 g/mol. The molecule has 0 spiro atoms. The number of hydrogen-bond acceptors (Lipinski definition) is 7. The van der Waals surface area contributed by atoms with Gasteiger partial charge in [0.15, 0.2) is 0 Å². The second-order valence-corrected chi connectivity index (χ2v) is 10.2. The first-order valence-electron chi connectivity index (χ1n) is 9.86. The van der Waals surface area contributed by atoms with Gasteiger partial charge in [-0.2, -0.15) is 5.10 Å². The molecule has 11 heteroatoms. The average Bonchev–Trinajstić information content (AvgIpc) is 3.37. The van der Waals surface area contributed by atoms with Gasteiger partial charge >= 0.3 is 0 Å². The summed E-state index contributed by atoms with van der Waals surface area (Å²) in [6.45, 7) is 1.39. The van der Waals surface area contributed by atoms with E-state index in [1.807, 2.05) is 37.5 Å². The fraction of sp³-hybridized carbons (Fsp3) is 0.350. The van der Waals surface area contributed by atoms with Gasteiger partial charge in [0.05, 0.1) is 23.8 Å². The van der Waals surface area contributed by atoms with Crippen LogP contribution in [0.5, 0.6) is 0 Å². The van der Waals surface area contributed by atoms with Crippen LogP contribution in [0.1, 0.15) is 23.3 Å². The molecule has 1 fully saturated rings. The number of carbonyl (C=O) groups is 1. The van der Waals surface area contributed by atoms with Gasteiger partial charge in [0, 0.05) is 43.3 Å². The van der Waals surface area contributed by atoms with Crippen molar-refractivity contribution in [2.24, 2.45) is 7.05 Å². The van der Waals surface area contributed by atoms with Crippen LogP contribution in [0.15, 0.2) is 42.0 Å². The topological polar surface area (TPSA) is 109 Å². The Hall–Kier alpha value is -2.76. The van der Waals surface area contributed by atoms with Crippen molar-refractivity contribution >= 4 is 38.6 Å². The molecule has 1 amide bonds. The Kier molecular flexibility index (Phi) is 6.08. The van der Waals surface area contributed by atoms with Crippen LogP contribution in [0.4, 0.5) is 11.4 Å². The molecule has 0 atom stereocenters. The first-order valence-corrected chi connectivity index (χ1v) is 12.6. The summed E-state index contributed by atoms with van der Waals surface area (Å²) in [7, 11) is -1.38. The van der Waals surface area contributed by atoms with Gasteiger partial charge in [0.25, 0.3) is 5.91 Å².